The van der Waals surface area contributed by atoms with Gasteiger partial charge in [-0.3, -0.25) is 0 Å². The monoisotopic (exact) mass is 417 g/mol. The summed E-state index contributed by atoms with van der Waals surface area (Å²) in [4.78, 5) is 12.7. The summed E-state index contributed by atoms with van der Waals surface area (Å²) in [5, 5.41) is 1.46. The van der Waals surface area contributed by atoms with E-state index in [0.29, 0.717) is 17.9 Å². The van der Waals surface area contributed by atoms with Gasteiger partial charge in [0.05, 0.1) is 5.52 Å². The Labute approximate surface area is 173 Å². The van der Waals surface area contributed by atoms with Gasteiger partial charge in [-0.15, -0.1) is 0 Å². The molecule has 0 bridgehead atoms. The topological polar surface area (TPSA) is 104 Å². The zero-order chi connectivity index (χ0) is 20.9. The summed E-state index contributed by atoms with van der Waals surface area (Å²) in [5.41, 5.74) is 8.73. The van der Waals surface area contributed by atoms with Crippen molar-refractivity contribution >= 4 is 37.8 Å². The molecule has 5 rings (SSSR count). The predicted octanol–water partition coefficient (Wildman–Crippen LogP) is 3.68. The van der Waals surface area contributed by atoms with Gasteiger partial charge in [0.25, 0.3) is 0 Å². The molecule has 1 aromatic carbocycles. The van der Waals surface area contributed by atoms with Gasteiger partial charge in [-0.25, -0.2) is 27.3 Å². The van der Waals surface area contributed by atoms with Crippen molar-refractivity contribution in [1.29, 1.82) is 0 Å². The maximum atomic E-state index is 13.6. The van der Waals surface area contributed by atoms with Crippen LogP contribution >= 0.6 is 0 Å². The predicted molar refractivity (Wildman–Crippen MR) is 118 cm³/mol. The van der Waals surface area contributed by atoms with Crippen LogP contribution in [0.5, 0.6) is 0 Å². The smallest absolute Gasteiger partial charge is 0.249 e. The zero-order valence-corrected chi connectivity index (χ0v) is 17.0. The molecule has 7 nitrogen and oxygen atoms in total. The number of nitrogen functional groups attached to an aromatic ring is 1. The first-order chi connectivity index (χ1) is 14.4. The molecule has 0 amide bonds. The number of rotatable bonds is 3. The second-order valence-corrected chi connectivity index (χ2v) is 9.79. The molecule has 0 saturated carbocycles. The van der Waals surface area contributed by atoms with E-state index in [-0.39, 0.29) is 0 Å². The minimum atomic E-state index is -3.76. The van der Waals surface area contributed by atoms with Crippen LogP contribution in [0, 0.1) is 0 Å². The first-order valence-corrected chi connectivity index (χ1v) is 10.9. The van der Waals surface area contributed by atoms with Crippen LogP contribution in [-0.4, -0.2) is 32.1 Å². The lowest BCUT2D eigenvalue weighted by Gasteiger charge is -2.26. The Morgan fingerprint density at radius 3 is 2.77 bits per heavy atom. The van der Waals surface area contributed by atoms with Crippen molar-refractivity contribution in [2.75, 3.05) is 5.73 Å². The van der Waals surface area contributed by atoms with Crippen molar-refractivity contribution in [3.63, 3.8) is 0 Å². The van der Waals surface area contributed by atoms with Gasteiger partial charge in [0.2, 0.25) is 10.0 Å². The normalized spacial score (nSPS) is 19.0. The third kappa shape index (κ3) is 2.64. The Bertz CT molecular complexity index is 1470. The van der Waals surface area contributed by atoms with Crippen LogP contribution in [0.2, 0.25) is 0 Å². The first kappa shape index (κ1) is 18.5. The van der Waals surface area contributed by atoms with E-state index in [1.807, 2.05) is 36.4 Å². The molecule has 30 heavy (non-hydrogen) atoms. The van der Waals surface area contributed by atoms with Gasteiger partial charge in [0.15, 0.2) is 5.65 Å². The fraction of sp³-hybridized carbons (Fsp3) is 0.136. The van der Waals surface area contributed by atoms with Crippen molar-refractivity contribution in [3.05, 3.63) is 73.4 Å². The summed E-state index contributed by atoms with van der Waals surface area (Å²) in [7, 11) is -3.76. The van der Waals surface area contributed by atoms with E-state index in [1.165, 1.54) is 10.3 Å². The van der Waals surface area contributed by atoms with Crippen LogP contribution in [0.4, 0.5) is 5.82 Å². The van der Waals surface area contributed by atoms with Crippen LogP contribution in [0.15, 0.2) is 73.4 Å². The van der Waals surface area contributed by atoms with E-state index in [1.54, 1.807) is 37.5 Å². The van der Waals surface area contributed by atoms with E-state index < -0.39 is 14.8 Å². The lowest BCUT2D eigenvalue weighted by atomic mass is 10.0. The lowest BCUT2D eigenvalue weighted by Crippen LogP contribution is -2.37. The van der Waals surface area contributed by atoms with Crippen molar-refractivity contribution in [3.8, 4) is 11.1 Å². The Balaban J connectivity index is 1.76. The highest BCUT2D eigenvalue weighted by Crippen LogP contribution is 2.36. The molecule has 4 aromatic rings. The van der Waals surface area contributed by atoms with Crippen molar-refractivity contribution in [1.82, 2.24) is 18.9 Å². The fourth-order valence-corrected chi connectivity index (χ4v) is 5.44. The largest absolute Gasteiger partial charge is 0.383 e. The van der Waals surface area contributed by atoms with Crippen LogP contribution < -0.4 is 5.73 Å². The standard InChI is InChI=1S/C22H19N5O2S/c1-22(9-3-2-4-10-22)30(28,29)27-13-18(16-6-5-11-24-21(16)27)15-7-8-19-17(12-15)20(23)26-14-25-19/h2-9,11-14H,10H2,1H3,(H2,23,25,26). The molecule has 8 heteroatoms. The summed E-state index contributed by atoms with van der Waals surface area (Å²) in [6.07, 6.45) is 12.3. The number of pyridine rings is 1. The minimum Gasteiger partial charge on any atom is -0.383 e. The van der Waals surface area contributed by atoms with Gasteiger partial charge < -0.3 is 5.73 Å². The number of hydrogen-bond acceptors (Lipinski definition) is 6. The van der Waals surface area contributed by atoms with E-state index in [9.17, 15) is 8.42 Å². The highest BCUT2D eigenvalue weighted by atomic mass is 32.2. The third-order valence-electron chi connectivity index (χ3n) is 5.58. The number of nitrogens with two attached hydrogens (primary N) is 1. The molecule has 0 spiro atoms. The van der Waals surface area contributed by atoms with Crippen molar-refractivity contribution in [2.24, 2.45) is 0 Å². The Hall–Kier alpha value is -3.52. The van der Waals surface area contributed by atoms with Crippen molar-refractivity contribution < 1.29 is 8.42 Å². The SMILES string of the molecule is CC1(S(=O)(=O)n2cc(-c3ccc4ncnc(N)c4c3)c3cccnc32)C=CC=CC1. The van der Waals surface area contributed by atoms with E-state index in [0.717, 1.165) is 27.4 Å². The Morgan fingerprint density at radius 2 is 1.97 bits per heavy atom. The molecule has 2 N–H and O–H groups in total. The molecule has 1 atom stereocenters. The number of allylic oxidation sites excluding steroid dienone is 3. The zero-order valence-electron chi connectivity index (χ0n) is 16.2. The van der Waals surface area contributed by atoms with Crippen LogP contribution in [0.25, 0.3) is 33.1 Å². The summed E-state index contributed by atoms with van der Waals surface area (Å²) in [6.45, 7) is 1.73. The highest BCUT2D eigenvalue weighted by molar-refractivity contribution is 7.91. The summed E-state index contributed by atoms with van der Waals surface area (Å²) >= 11 is 0. The average Bonchev–Trinajstić information content (AvgIpc) is 3.15. The molecule has 1 unspecified atom stereocenters. The molecule has 0 aliphatic heterocycles. The maximum Gasteiger partial charge on any atom is 0.249 e. The van der Waals surface area contributed by atoms with Crippen LogP contribution in [0.3, 0.4) is 0 Å². The molecular formula is C22H19N5O2S. The molecule has 1 aliphatic rings. The van der Waals surface area contributed by atoms with Gasteiger partial charge in [0, 0.05) is 28.7 Å². The summed E-state index contributed by atoms with van der Waals surface area (Å²) in [6, 6.07) is 9.31. The average molecular weight is 417 g/mol. The quantitative estimate of drug-likeness (QED) is 0.545. The minimum absolute atomic E-state index is 0.378. The first-order valence-electron chi connectivity index (χ1n) is 9.47. The van der Waals surface area contributed by atoms with E-state index in [4.69, 9.17) is 5.73 Å². The summed E-state index contributed by atoms with van der Waals surface area (Å²) < 4.78 is 27.5. The highest BCUT2D eigenvalue weighted by Gasteiger charge is 2.39. The van der Waals surface area contributed by atoms with E-state index in [2.05, 4.69) is 15.0 Å². The molecular weight excluding hydrogens is 398 g/mol. The maximum absolute atomic E-state index is 13.6. The Kier molecular flexibility index (Phi) is 4.01. The van der Waals surface area contributed by atoms with E-state index >= 15 is 0 Å². The molecule has 3 heterocycles. The molecule has 0 fully saturated rings. The van der Waals surface area contributed by atoms with Gasteiger partial charge in [0.1, 0.15) is 16.9 Å². The van der Waals surface area contributed by atoms with Gasteiger partial charge in [-0.05, 0) is 43.2 Å². The fourth-order valence-electron chi connectivity index (χ4n) is 3.81. The van der Waals surface area contributed by atoms with Crippen LogP contribution in [-0.2, 0) is 10.0 Å². The Morgan fingerprint density at radius 1 is 1.10 bits per heavy atom. The van der Waals surface area contributed by atoms with Crippen LogP contribution in [0.1, 0.15) is 13.3 Å². The number of aromatic nitrogens is 4. The van der Waals surface area contributed by atoms with Gasteiger partial charge in [-0.1, -0.05) is 30.4 Å². The molecule has 1 aliphatic carbocycles. The lowest BCUT2D eigenvalue weighted by molar-refractivity contribution is 0.554. The van der Waals surface area contributed by atoms with Gasteiger partial charge in [-0.2, -0.15) is 0 Å². The summed E-state index contributed by atoms with van der Waals surface area (Å²) in [5.74, 6) is 0.378. The number of fused-ring (bicyclic) bond motifs is 2. The second-order valence-electron chi connectivity index (χ2n) is 7.51. The number of hydrogen-bond donors (Lipinski definition) is 1. The molecule has 0 saturated heterocycles. The number of anilines is 1. The molecule has 3 aromatic heterocycles. The third-order valence-corrected chi connectivity index (χ3v) is 7.85. The molecule has 150 valence electrons. The van der Waals surface area contributed by atoms with Gasteiger partial charge >= 0.3 is 0 Å². The second kappa shape index (κ2) is 6.50. The van der Waals surface area contributed by atoms with Crippen molar-refractivity contribution in [2.45, 2.75) is 18.1 Å². The number of benzene rings is 1. The molecule has 0 radical (unpaired) electrons. The number of nitrogens with zero attached hydrogens (tertiary/aromatic N) is 4.